The van der Waals surface area contributed by atoms with Gasteiger partial charge >= 0.3 is 0 Å². The zero-order chi connectivity index (χ0) is 18.8. The Bertz CT molecular complexity index is 1070. The minimum atomic E-state index is -0.819. The van der Waals surface area contributed by atoms with Gasteiger partial charge < -0.3 is 0 Å². The van der Waals surface area contributed by atoms with Crippen molar-refractivity contribution in [1.82, 2.24) is 0 Å². The van der Waals surface area contributed by atoms with Crippen molar-refractivity contribution in [2.45, 2.75) is 0 Å². The SMILES string of the molecule is Bc1ccc(-c2ccc(-c3ccc(-c4ccccc4)cc3)c(F)c2F)cc1. The topological polar surface area (TPSA) is 0 Å². The molecule has 0 saturated carbocycles. The molecule has 0 N–H and O–H groups in total. The molecule has 0 heterocycles. The van der Waals surface area contributed by atoms with Crippen LogP contribution in [-0.4, -0.2) is 7.85 Å². The Labute approximate surface area is 158 Å². The number of hydrogen-bond acceptors (Lipinski definition) is 0. The second kappa shape index (κ2) is 7.20. The van der Waals surface area contributed by atoms with Gasteiger partial charge in [-0.15, -0.1) is 0 Å². The minimum absolute atomic E-state index is 0.267. The monoisotopic (exact) mass is 354 g/mol. The highest BCUT2D eigenvalue weighted by Gasteiger charge is 2.16. The first-order valence-electron chi connectivity index (χ1n) is 8.84. The van der Waals surface area contributed by atoms with E-state index in [0.717, 1.165) is 16.6 Å². The number of benzene rings is 4. The van der Waals surface area contributed by atoms with Crippen LogP contribution in [0.5, 0.6) is 0 Å². The molecule has 0 aliphatic heterocycles. The normalized spacial score (nSPS) is 10.7. The van der Waals surface area contributed by atoms with Crippen LogP contribution in [0, 0.1) is 11.6 Å². The van der Waals surface area contributed by atoms with E-state index < -0.39 is 11.6 Å². The van der Waals surface area contributed by atoms with E-state index in [-0.39, 0.29) is 11.1 Å². The molecule has 0 aromatic heterocycles. The van der Waals surface area contributed by atoms with Crippen molar-refractivity contribution < 1.29 is 8.78 Å². The lowest BCUT2D eigenvalue weighted by atomic mass is 9.92. The smallest absolute Gasteiger partial charge is 0.167 e. The molecule has 0 fully saturated rings. The largest absolute Gasteiger partial charge is 0.203 e. The standard InChI is InChI=1S/C24H17BF2/c25-20-12-10-19(11-13-20)22-15-14-21(23(26)24(22)27)18-8-6-17(7-9-18)16-4-2-1-3-5-16/h1-15H,25H2. The molecule has 130 valence electrons. The van der Waals surface area contributed by atoms with Gasteiger partial charge in [0.05, 0.1) is 0 Å². The fourth-order valence-corrected chi connectivity index (χ4v) is 3.20. The average molecular weight is 354 g/mol. The summed E-state index contributed by atoms with van der Waals surface area (Å²) in [4.78, 5) is 0. The van der Waals surface area contributed by atoms with E-state index in [1.54, 1.807) is 12.1 Å². The molecule has 4 rings (SSSR count). The lowest BCUT2D eigenvalue weighted by molar-refractivity contribution is 0.514. The van der Waals surface area contributed by atoms with Crippen molar-refractivity contribution in [2.75, 3.05) is 0 Å². The summed E-state index contributed by atoms with van der Waals surface area (Å²) in [5.74, 6) is -1.64. The highest BCUT2D eigenvalue weighted by molar-refractivity contribution is 6.32. The van der Waals surface area contributed by atoms with Crippen LogP contribution in [0.3, 0.4) is 0 Å². The Kier molecular flexibility index (Phi) is 4.60. The lowest BCUT2D eigenvalue weighted by Gasteiger charge is -2.10. The molecule has 0 amide bonds. The maximum Gasteiger partial charge on any atom is 0.167 e. The maximum absolute atomic E-state index is 14.8. The van der Waals surface area contributed by atoms with Crippen LogP contribution in [0.1, 0.15) is 0 Å². The Hall–Kier alpha value is -3.20. The summed E-state index contributed by atoms with van der Waals surface area (Å²) in [6, 6.07) is 28.1. The van der Waals surface area contributed by atoms with E-state index in [2.05, 4.69) is 0 Å². The molecule has 0 unspecified atom stereocenters. The molecule has 0 radical (unpaired) electrons. The summed E-state index contributed by atoms with van der Waals surface area (Å²) in [6.45, 7) is 0. The number of hydrogen-bond donors (Lipinski definition) is 0. The van der Waals surface area contributed by atoms with Gasteiger partial charge in [0.1, 0.15) is 7.85 Å². The Morgan fingerprint density at radius 3 is 1.37 bits per heavy atom. The van der Waals surface area contributed by atoms with Crippen molar-refractivity contribution in [1.29, 1.82) is 0 Å². The van der Waals surface area contributed by atoms with Crippen LogP contribution in [-0.2, 0) is 0 Å². The van der Waals surface area contributed by atoms with Crippen molar-refractivity contribution in [3.63, 3.8) is 0 Å². The van der Waals surface area contributed by atoms with E-state index in [4.69, 9.17) is 0 Å². The maximum atomic E-state index is 14.8. The first-order valence-corrected chi connectivity index (χ1v) is 8.84. The quantitative estimate of drug-likeness (QED) is 0.442. The van der Waals surface area contributed by atoms with Gasteiger partial charge in [0.25, 0.3) is 0 Å². The molecule has 0 bridgehead atoms. The van der Waals surface area contributed by atoms with E-state index in [1.165, 1.54) is 0 Å². The summed E-state index contributed by atoms with van der Waals surface area (Å²) in [7, 11) is 1.96. The van der Waals surface area contributed by atoms with Crippen LogP contribution >= 0.6 is 0 Å². The third kappa shape index (κ3) is 3.41. The summed E-state index contributed by atoms with van der Waals surface area (Å²) in [5, 5.41) is 0. The molecule has 27 heavy (non-hydrogen) atoms. The van der Waals surface area contributed by atoms with Gasteiger partial charge in [-0.25, -0.2) is 8.78 Å². The molecule has 4 aromatic carbocycles. The fraction of sp³-hybridized carbons (Fsp3) is 0. The van der Waals surface area contributed by atoms with Crippen LogP contribution in [0.15, 0.2) is 91.0 Å². The van der Waals surface area contributed by atoms with Crippen LogP contribution in [0.25, 0.3) is 33.4 Å². The van der Waals surface area contributed by atoms with Gasteiger partial charge in [-0.2, -0.15) is 0 Å². The number of halogens is 2. The predicted octanol–water partition coefficient (Wildman–Crippen LogP) is 5.22. The van der Waals surface area contributed by atoms with Gasteiger partial charge in [-0.1, -0.05) is 96.5 Å². The van der Waals surface area contributed by atoms with Crippen molar-refractivity contribution in [3.8, 4) is 33.4 Å². The lowest BCUT2D eigenvalue weighted by Crippen LogP contribution is -2.00. The average Bonchev–Trinajstić information content (AvgIpc) is 2.72. The summed E-state index contributed by atoms with van der Waals surface area (Å²) in [6.07, 6.45) is 0. The second-order valence-corrected chi connectivity index (χ2v) is 6.60. The van der Waals surface area contributed by atoms with Crippen molar-refractivity contribution >= 4 is 13.3 Å². The first kappa shape index (κ1) is 17.2. The number of rotatable bonds is 3. The molecule has 0 spiro atoms. The van der Waals surface area contributed by atoms with Gasteiger partial charge in [0.15, 0.2) is 11.6 Å². The zero-order valence-corrected chi connectivity index (χ0v) is 14.9. The highest BCUT2D eigenvalue weighted by atomic mass is 19.2. The van der Waals surface area contributed by atoms with E-state index >= 15 is 0 Å². The molecular weight excluding hydrogens is 337 g/mol. The predicted molar refractivity (Wildman–Crippen MR) is 111 cm³/mol. The van der Waals surface area contributed by atoms with E-state index in [1.807, 2.05) is 86.7 Å². The van der Waals surface area contributed by atoms with Crippen LogP contribution in [0.2, 0.25) is 0 Å². The van der Waals surface area contributed by atoms with Gasteiger partial charge in [0.2, 0.25) is 0 Å². The van der Waals surface area contributed by atoms with Crippen LogP contribution < -0.4 is 5.46 Å². The molecule has 4 aromatic rings. The van der Waals surface area contributed by atoms with Crippen molar-refractivity contribution in [2.24, 2.45) is 0 Å². The molecule has 3 heteroatoms. The third-order valence-corrected chi connectivity index (χ3v) is 4.75. The third-order valence-electron chi connectivity index (χ3n) is 4.75. The molecule has 0 aliphatic carbocycles. The summed E-state index contributed by atoms with van der Waals surface area (Å²) >= 11 is 0. The van der Waals surface area contributed by atoms with Crippen molar-refractivity contribution in [3.05, 3.63) is 103 Å². The highest BCUT2D eigenvalue weighted by Crippen LogP contribution is 2.32. The second-order valence-electron chi connectivity index (χ2n) is 6.60. The Balaban J connectivity index is 1.70. The summed E-state index contributed by atoms with van der Waals surface area (Å²) in [5.41, 5.74) is 5.07. The molecular formula is C24H17BF2. The Morgan fingerprint density at radius 1 is 0.444 bits per heavy atom. The fourth-order valence-electron chi connectivity index (χ4n) is 3.20. The summed E-state index contributed by atoms with van der Waals surface area (Å²) < 4.78 is 29.5. The Morgan fingerprint density at radius 2 is 0.852 bits per heavy atom. The molecule has 0 aliphatic rings. The zero-order valence-electron chi connectivity index (χ0n) is 14.9. The van der Waals surface area contributed by atoms with E-state index in [0.29, 0.717) is 11.1 Å². The van der Waals surface area contributed by atoms with Gasteiger partial charge in [-0.05, 0) is 22.3 Å². The van der Waals surface area contributed by atoms with Gasteiger partial charge in [-0.3, -0.25) is 0 Å². The minimum Gasteiger partial charge on any atom is -0.203 e. The van der Waals surface area contributed by atoms with Crippen LogP contribution in [0.4, 0.5) is 8.78 Å². The molecule has 0 saturated heterocycles. The molecule has 0 nitrogen and oxygen atoms in total. The first-order chi connectivity index (χ1) is 13.1. The molecule has 0 atom stereocenters. The van der Waals surface area contributed by atoms with Gasteiger partial charge in [0, 0.05) is 11.1 Å². The van der Waals surface area contributed by atoms with E-state index in [9.17, 15) is 8.78 Å².